The van der Waals surface area contributed by atoms with E-state index in [9.17, 15) is 4.79 Å². The fourth-order valence-electron chi connectivity index (χ4n) is 2.64. The van der Waals surface area contributed by atoms with Crippen molar-refractivity contribution in [1.29, 1.82) is 0 Å². The summed E-state index contributed by atoms with van der Waals surface area (Å²) in [5.41, 5.74) is 0. The van der Waals surface area contributed by atoms with Gasteiger partial charge in [-0.05, 0) is 48.0 Å². The fraction of sp³-hybridized carbons (Fsp3) is 0.286. The highest BCUT2D eigenvalue weighted by Crippen LogP contribution is 2.21. The molecule has 5 nitrogen and oxygen atoms in total. The zero-order valence-electron chi connectivity index (χ0n) is 15.4. The molecule has 1 aromatic heterocycles. The molecule has 0 aliphatic heterocycles. The highest BCUT2D eigenvalue weighted by atomic mass is 35.5. The number of furan rings is 1. The highest BCUT2D eigenvalue weighted by Gasteiger charge is 2.11. The molecular formula is C21H25ClN2O3. The van der Waals surface area contributed by atoms with E-state index in [0.717, 1.165) is 30.6 Å². The van der Waals surface area contributed by atoms with E-state index >= 15 is 0 Å². The number of hydrogen-bond donors (Lipinski definition) is 2. The number of nitrogens with one attached hydrogen (secondary N) is 2. The number of carbonyl (C=O) groups excluding carboxylic acids is 1. The molecule has 1 amide bonds. The molecule has 0 fully saturated rings. The minimum absolute atomic E-state index is 0. The maximum absolute atomic E-state index is 12.0. The maximum atomic E-state index is 12.0. The minimum Gasteiger partial charge on any atom is -0.486 e. The minimum atomic E-state index is -0.208. The zero-order chi connectivity index (χ0) is 18.2. The van der Waals surface area contributed by atoms with Gasteiger partial charge in [-0.15, -0.1) is 12.4 Å². The molecule has 0 aliphatic carbocycles. The molecule has 0 atom stereocenters. The molecular weight excluding hydrogens is 364 g/mol. The number of rotatable bonds is 9. The molecule has 0 saturated heterocycles. The van der Waals surface area contributed by atoms with Gasteiger partial charge in [-0.3, -0.25) is 4.79 Å². The lowest BCUT2D eigenvalue weighted by atomic mass is 10.1. The molecule has 0 radical (unpaired) electrons. The smallest absolute Gasteiger partial charge is 0.287 e. The summed E-state index contributed by atoms with van der Waals surface area (Å²) < 4.78 is 11.4. The van der Waals surface area contributed by atoms with E-state index in [1.807, 2.05) is 36.4 Å². The van der Waals surface area contributed by atoms with Gasteiger partial charge in [0.1, 0.15) is 18.1 Å². The van der Waals surface area contributed by atoms with Crippen LogP contribution in [0.15, 0.2) is 59.0 Å². The van der Waals surface area contributed by atoms with E-state index in [4.69, 9.17) is 9.15 Å². The Hall–Kier alpha value is -2.50. The first kappa shape index (κ1) is 20.8. The average Bonchev–Trinajstić information content (AvgIpc) is 3.15. The van der Waals surface area contributed by atoms with Crippen molar-refractivity contribution in [3.8, 4) is 5.75 Å². The Morgan fingerprint density at radius 1 is 1.00 bits per heavy atom. The number of fused-ring (bicyclic) bond motifs is 1. The Balaban J connectivity index is 0.00000261. The van der Waals surface area contributed by atoms with E-state index in [-0.39, 0.29) is 24.9 Å². The summed E-state index contributed by atoms with van der Waals surface area (Å²) in [5.74, 6) is 1.48. The van der Waals surface area contributed by atoms with Crippen molar-refractivity contribution in [3.63, 3.8) is 0 Å². The topological polar surface area (TPSA) is 63.5 Å². The van der Waals surface area contributed by atoms with Crippen LogP contribution < -0.4 is 15.4 Å². The molecule has 27 heavy (non-hydrogen) atoms. The third kappa shape index (κ3) is 6.01. The first-order valence-electron chi connectivity index (χ1n) is 8.95. The fourth-order valence-corrected chi connectivity index (χ4v) is 2.64. The molecule has 0 spiro atoms. The van der Waals surface area contributed by atoms with E-state index in [1.165, 1.54) is 5.39 Å². The van der Waals surface area contributed by atoms with Crippen LogP contribution in [0.1, 0.15) is 29.7 Å². The van der Waals surface area contributed by atoms with Crippen LogP contribution in [-0.2, 0) is 6.61 Å². The summed E-state index contributed by atoms with van der Waals surface area (Å²) in [6.07, 6.45) is 1.08. The molecule has 1 heterocycles. The molecule has 0 saturated carbocycles. The molecule has 2 aromatic carbocycles. The van der Waals surface area contributed by atoms with Crippen LogP contribution in [0, 0.1) is 0 Å². The maximum Gasteiger partial charge on any atom is 0.287 e. The third-order valence-electron chi connectivity index (χ3n) is 4.00. The monoisotopic (exact) mass is 388 g/mol. The van der Waals surface area contributed by atoms with E-state index < -0.39 is 0 Å². The second-order valence-corrected chi connectivity index (χ2v) is 6.07. The van der Waals surface area contributed by atoms with Gasteiger partial charge < -0.3 is 19.8 Å². The summed E-state index contributed by atoms with van der Waals surface area (Å²) in [6.45, 7) is 4.66. The lowest BCUT2D eigenvalue weighted by Gasteiger charge is -2.06. The normalized spacial score (nSPS) is 10.4. The van der Waals surface area contributed by atoms with Crippen molar-refractivity contribution in [2.24, 2.45) is 0 Å². The molecule has 3 rings (SSSR count). The lowest BCUT2D eigenvalue weighted by molar-refractivity contribution is 0.0922. The summed E-state index contributed by atoms with van der Waals surface area (Å²) >= 11 is 0. The van der Waals surface area contributed by atoms with Gasteiger partial charge >= 0.3 is 0 Å². The standard InChI is InChI=1S/C21H24N2O3.ClH/c1-2-11-22-12-13-23-21(24)20-10-9-19(26-20)15-25-18-8-7-16-5-3-4-6-17(16)14-18;/h3-10,14,22H,2,11-13,15H2,1H3,(H,23,24);1H. The third-order valence-corrected chi connectivity index (χ3v) is 4.00. The summed E-state index contributed by atoms with van der Waals surface area (Å²) in [6, 6.07) is 17.5. The van der Waals surface area contributed by atoms with Crippen molar-refractivity contribution in [3.05, 3.63) is 66.1 Å². The second-order valence-electron chi connectivity index (χ2n) is 6.07. The van der Waals surface area contributed by atoms with Crippen molar-refractivity contribution in [2.45, 2.75) is 20.0 Å². The quantitative estimate of drug-likeness (QED) is 0.540. The van der Waals surface area contributed by atoms with Gasteiger partial charge in [0.05, 0.1) is 0 Å². The van der Waals surface area contributed by atoms with Gasteiger partial charge in [-0.2, -0.15) is 0 Å². The number of amides is 1. The van der Waals surface area contributed by atoms with Crippen LogP contribution in [0.3, 0.4) is 0 Å². The molecule has 6 heteroatoms. The van der Waals surface area contributed by atoms with Crippen LogP contribution in [0.25, 0.3) is 10.8 Å². The first-order valence-corrected chi connectivity index (χ1v) is 8.95. The second kappa shape index (κ2) is 10.6. The van der Waals surface area contributed by atoms with Crippen molar-refractivity contribution in [2.75, 3.05) is 19.6 Å². The van der Waals surface area contributed by atoms with Crippen LogP contribution in [0.2, 0.25) is 0 Å². The van der Waals surface area contributed by atoms with Crippen molar-refractivity contribution >= 4 is 29.1 Å². The Labute approximate surface area is 165 Å². The Kier molecular flexibility index (Phi) is 8.17. The number of halogens is 1. The van der Waals surface area contributed by atoms with Gasteiger partial charge in [-0.1, -0.05) is 37.3 Å². The van der Waals surface area contributed by atoms with Gasteiger partial charge in [0.2, 0.25) is 0 Å². The molecule has 144 valence electrons. The Morgan fingerprint density at radius 2 is 1.81 bits per heavy atom. The molecule has 3 aromatic rings. The number of hydrogen-bond acceptors (Lipinski definition) is 4. The Bertz CT molecular complexity index is 863. The highest BCUT2D eigenvalue weighted by molar-refractivity contribution is 5.91. The summed E-state index contributed by atoms with van der Waals surface area (Å²) in [7, 11) is 0. The van der Waals surface area contributed by atoms with Crippen molar-refractivity contribution < 1.29 is 13.9 Å². The SMILES string of the molecule is CCCNCCNC(=O)c1ccc(COc2ccc3ccccc3c2)o1.Cl. The molecule has 0 unspecified atom stereocenters. The number of carbonyl (C=O) groups is 1. The largest absolute Gasteiger partial charge is 0.486 e. The van der Waals surface area contributed by atoms with E-state index in [1.54, 1.807) is 12.1 Å². The molecule has 0 bridgehead atoms. The number of ether oxygens (including phenoxy) is 1. The first-order chi connectivity index (χ1) is 12.8. The van der Waals surface area contributed by atoms with Crippen LogP contribution in [0.4, 0.5) is 0 Å². The van der Waals surface area contributed by atoms with Gasteiger partial charge in [0.25, 0.3) is 5.91 Å². The van der Waals surface area contributed by atoms with Gasteiger partial charge in [-0.25, -0.2) is 0 Å². The van der Waals surface area contributed by atoms with Crippen LogP contribution >= 0.6 is 12.4 Å². The van der Waals surface area contributed by atoms with Crippen LogP contribution in [-0.4, -0.2) is 25.5 Å². The lowest BCUT2D eigenvalue weighted by Crippen LogP contribution is -2.31. The molecule has 2 N–H and O–H groups in total. The summed E-state index contributed by atoms with van der Waals surface area (Å²) in [5, 5.41) is 8.36. The van der Waals surface area contributed by atoms with Crippen molar-refractivity contribution in [1.82, 2.24) is 10.6 Å². The van der Waals surface area contributed by atoms with Gasteiger partial charge in [0, 0.05) is 13.1 Å². The van der Waals surface area contributed by atoms with E-state index in [2.05, 4.69) is 23.6 Å². The number of benzene rings is 2. The molecule has 0 aliphatic rings. The zero-order valence-corrected chi connectivity index (χ0v) is 16.2. The predicted molar refractivity (Wildman–Crippen MR) is 110 cm³/mol. The predicted octanol–water partition coefficient (Wildman–Crippen LogP) is 4.16. The van der Waals surface area contributed by atoms with E-state index in [0.29, 0.717) is 18.1 Å². The Morgan fingerprint density at radius 3 is 2.63 bits per heavy atom. The van der Waals surface area contributed by atoms with Crippen LogP contribution in [0.5, 0.6) is 5.75 Å². The average molecular weight is 389 g/mol. The van der Waals surface area contributed by atoms with Gasteiger partial charge in [0.15, 0.2) is 5.76 Å². The summed E-state index contributed by atoms with van der Waals surface area (Å²) in [4.78, 5) is 12.0.